The Bertz CT molecular complexity index is 1130. The minimum absolute atomic E-state index is 0.0724. The molecule has 0 fully saturated rings. The van der Waals surface area contributed by atoms with Crippen LogP contribution < -0.4 is 10.1 Å². The van der Waals surface area contributed by atoms with E-state index in [2.05, 4.69) is 36.2 Å². The van der Waals surface area contributed by atoms with Crippen LogP contribution in [0.3, 0.4) is 0 Å². The van der Waals surface area contributed by atoms with Crippen molar-refractivity contribution in [2.24, 2.45) is 0 Å². The predicted octanol–water partition coefficient (Wildman–Crippen LogP) is 3.49. The third kappa shape index (κ3) is 2.87. The maximum atomic E-state index is 12.8. The molecule has 4 aromatic rings. The lowest BCUT2D eigenvalue weighted by Gasteiger charge is -2.04. The molecule has 0 amide bonds. The Morgan fingerprint density at radius 2 is 1.72 bits per heavy atom. The molecule has 0 spiro atoms. The normalized spacial score (nSPS) is 12.4. The van der Waals surface area contributed by atoms with Crippen molar-refractivity contribution in [2.75, 3.05) is 0 Å². The molecule has 4 nitrogen and oxygen atoms in total. The van der Waals surface area contributed by atoms with Crippen molar-refractivity contribution in [3.63, 3.8) is 0 Å². The van der Waals surface area contributed by atoms with E-state index in [9.17, 15) is 4.79 Å². The Balaban J connectivity index is 1.83. The number of hydrogen-bond donors (Lipinski definition) is 0. The van der Waals surface area contributed by atoms with E-state index in [-0.39, 0.29) is 5.56 Å². The monoisotopic (exact) mass is 347 g/mol. The first-order valence-corrected chi connectivity index (χ1v) is 9.00. The average molecular weight is 347 g/mol. The van der Waals surface area contributed by atoms with Gasteiger partial charge < -0.3 is 0 Å². The van der Waals surface area contributed by atoms with Crippen molar-refractivity contribution in [1.29, 1.82) is 0 Å². The fraction of sp³-hybridized carbons (Fsp3) is 0.150. The van der Waals surface area contributed by atoms with Crippen LogP contribution in [0.4, 0.5) is 0 Å². The molecule has 0 bridgehead atoms. The molecule has 0 saturated heterocycles. The van der Waals surface area contributed by atoms with Gasteiger partial charge in [0.25, 0.3) is 5.56 Å². The summed E-state index contributed by atoms with van der Waals surface area (Å²) >= 11 is 1.37. The summed E-state index contributed by atoms with van der Waals surface area (Å²) in [6, 6.07) is 18.0. The molecule has 2 heterocycles. The molecule has 0 aliphatic rings. The summed E-state index contributed by atoms with van der Waals surface area (Å²) in [7, 11) is 0. The van der Waals surface area contributed by atoms with Crippen LogP contribution in [-0.2, 0) is 0 Å². The third-order valence-corrected chi connectivity index (χ3v) is 5.14. The molecule has 2 aromatic heterocycles. The standard InChI is InChI=1S/C20H17N3OS/c1-13(2)15-10-8-14(9-11-15)12-17-19(24)23-18(21-22-20(23)25-17)16-6-4-3-5-7-16/h3-13H,1-2H3/b17-12-. The van der Waals surface area contributed by atoms with Gasteiger partial charge in [-0.2, -0.15) is 0 Å². The smallest absolute Gasteiger partial charge is 0.267 e. The van der Waals surface area contributed by atoms with Gasteiger partial charge in [0.15, 0.2) is 5.82 Å². The second kappa shape index (κ2) is 6.26. The van der Waals surface area contributed by atoms with Gasteiger partial charge in [-0.3, -0.25) is 4.79 Å². The first-order chi connectivity index (χ1) is 12.1. The quantitative estimate of drug-likeness (QED) is 0.570. The Kier molecular flexibility index (Phi) is 3.93. The summed E-state index contributed by atoms with van der Waals surface area (Å²) in [6.45, 7) is 4.34. The van der Waals surface area contributed by atoms with Crippen LogP contribution in [-0.4, -0.2) is 14.6 Å². The summed E-state index contributed by atoms with van der Waals surface area (Å²) in [5.74, 6) is 1.08. The Hall–Kier alpha value is -2.79. The molecule has 0 N–H and O–H groups in total. The summed E-state index contributed by atoms with van der Waals surface area (Å²) in [6.07, 6.45) is 1.92. The van der Waals surface area contributed by atoms with E-state index in [4.69, 9.17) is 0 Å². The number of rotatable bonds is 3. The van der Waals surface area contributed by atoms with Crippen molar-refractivity contribution < 1.29 is 0 Å². The van der Waals surface area contributed by atoms with Crippen LogP contribution in [0, 0.1) is 0 Å². The largest absolute Gasteiger partial charge is 0.276 e. The molecule has 0 radical (unpaired) electrons. The minimum atomic E-state index is -0.0724. The van der Waals surface area contributed by atoms with E-state index in [0.29, 0.717) is 21.2 Å². The molecule has 124 valence electrons. The minimum Gasteiger partial charge on any atom is -0.267 e. The predicted molar refractivity (Wildman–Crippen MR) is 102 cm³/mol. The zero-order valence-electron chi connectivity index (χ0n) is 14.0. The van der Waals surface area contributed by atoms with Crippen molar-refractivity contribution in [1.82, 2.24) is 14.6 Å². The molecule has 0 aliphatic heterocycles. The lowest BCUT2D eigenvalue weighted by atomic mass is 10.0. The first kappa shape index (κ1) is 15.7. The molecule has 2 aromatic carbocycles. The van der Waals surface area contributed by atoms with Gasteiger partial charge in [0, 0.05) is 5.56 Å². The van der Waals surface area contributed by atoms with E-state index < -0.39 is 0 Å². The Morgan fingerprint density at radius 3 is 2.40 bits per heavy atom. The molecule has 0 saturated carbocycles. The zero-order valence-corrected chi connectivity index (χ0v) is 14.8. The fourth-order valence-corrected chi connectivity index (χ4v) is 3.68. The molecular formula is C20H17N3OS. The molecule has 5 heteroatoms. The van der Waals surface area contributed by atoms with Gasteiger partial charge in [-0.15, -0.1) is 10.2 Å². The maximum Gasteiger partial charge on any atom is 0.276 e. The highest BCUT2D eigenvalue weighted by atomic mass is 32.1. The number of hydrogen-bond acceptors (Lipinski definition) is 4. The zero-order chi connectivity index (χ0) is 17.4. The molecule has 0 aliphatic carbocycles. The van der Waals surface area contributed by atoms with Crippen molar-refractivity contribution in [3.8, 4) is 11.4 Å². The number of benzene rings is 2. The highest BCUT2D eigenvalue weighted by Crippen LogP contribution is 2.18. The number of thiazole rings is 1. The maximum absolute atomic E-state index is 12.8. The van der Waals surface area contributed by atoms with Crippen LogP contribution >= 0.6 is 11.3 Å². The van der Waals surface area contributed by atoms with Gasteiger partial charge in [0.05, 0.1) is 4.53 Å². The summed E-state index contributed by atoms with van der Waals surface area (Å²) < 4.78 is 2.26. The SMILES string of the molecule is CC(C)c1ccc(/C=c2\sc3nnc(-c4ccccc4)n3c2=O)cc1. The second-order valence-corrected chi connectivity index (χ2v) is 7.25. The third-order valence-electron chi connectivity index (χ3n) is 4.18. The van der Waals surface area contributed by atoms with E-state index in [1.54, 1.807) is 4.40 Å². The molecule has 4 rings (SSSR count). The van der Waals surface area contributed by atoms with Crippen LogP contribution in [0.15, 0.2) is 59.4 Å². The van der Waals surface area contributed by atoms with Crippen LogP contribution in [0.25, 0.3) is 22.4 Å². The van der Waals surface area contributed by atoms with Gasteiger partial charge >= 0.3 is 0 Å². The first-order valence-electron chi connectivity index (χ1n) is 8.18. The molecule has 25 heavy (non-hydrogen) atoms. The van der Waals surface area contributed by atoms with E-state index in [0.717, 1.165) is 11.1 Å². The van der Waals surface area contributed by atoms with Crippen LogP contribution in [0.1, 0.15) is 30.9 Å². The number of aromatic nitrogens is 3. The number of fused-ring (bicyclic) bond motifs is 1. The summed E-state index contributed by atoms with van der Waals surface area (Å²) in [5.41, 5.74) is 3.12. The van der Waals surface area contributed by atoms with Crippen molar-refractivity contribution in [2.45, 2.75) is 19.8 Å². The lowest BCUT2D eigenvalue weighted by molar-refractivity contribution is 0.866. The summed E-state index contributed by atoms with van der Waals surface area (Å²) in [4.78, 5) is 13.4. The molecule has 0 atom stereocenters. The molecule has 0 unspecified atom stereocenters. The topological polar surface area (TPSA) is 47.3 Å². The van der Waals surface area contributed by atoms with Crippen molar-refractivity contribution >= 4 is 22.4 Å². The van der Waals surface area contributed by atoms with Gasteiger partial charge in [-0.25, -0.2) is 4.40 Å². The Labute approximate surface area is 149 Å². The van der Waals surface area contributed by atoms with Crippen LogP contribution in [0.2, 0.25) is 0 Å². The van der Waals surface area contributed by atoms with Crippen LogP contribution in [0.5, 0.6) is 0 Å². The van der Waals surface area contributed by atoms with E-state index in [1.165, 1.54) is 16.9 Å². The van der Waals surface area contributed by atoms with Crippen molar-refractivity contribution in [3.05, 3.63) is 80.6 Å². The number of nitrogens with zero attached hydrogens (tertiary/aromatic N) is 3. The van der Waals surface area contributed by atoms with Gasteiger partial charge in [0.2, 0.25) is 4.96 Å². The average Bonchev–Trinajstić information content (AvgIpc) is 3.17. The van der Waals surface area contributed by atoms with Gasteiger partial charge in [-0.1, -0.05) is 79.8 Å². The highest BCUT2D eigenvalue weighted by Gasteiger charge is 2.13. The Morgan fingerprint density at radius 1 is 1.00 bits per heavy atom. The highest BCUT2D eigenvalue weighted by molar-refractivity contribution is 7.15. The lowest BCUT2D eigenvalue weighted by Crippen LogP contribution is -2.23. The fourth-order valence-electron chi connectivity index (χ4n) is 2.77. The second-order valence-electron chi connectivity index (χ2n) is 6.24. The van der Waals surface area contributed by atoms with E-state index in [1.807, 2.05) is 48.5 Å². The van der Waals surface area contributed by atoms with Gasteiger partial charge in [0.1, 0.15) is 0 Å². The van der Waals surface area contributed by atoms with Gasteiger partial charge in [-0.05, 0) is 23.1 Å². The summed E-state index contributed by atoms with van der Waals surface area (Å²) in [5, 5.41) is 8.34. The molecular weight excluding hydrogens is 330 g/mol. The van der Waals surface area contributed by atoms with E-state index >= 15 is 0 Å².